The smallest absolute Gasteiger partial charge is 0.0361 e. The maximum absolute atomic E-state index is 3.66. The number of nitrogens with zero attached hydrogens (tertiary/aromatic N) is 1. The first-order chi connectivity index (χ1) is 9.70. The maximum atomic E-state index is 3.66. The lowest BCUT2D eigenvalue weighted by Gasteiger charge is -2.20. The molecular formula is C17H24N2S. The summed E-state index contributed by atoms with van der Waals surface area (Å²) in [4.78, 5) is 2.14. The highest BCUT2D eigenvalue weighted by Gasteiger charge is 2.12. The molecule has 0 radical (unpaired) electrons. The van der Waals surface area contributed by atoms with Gasteiger partial charge in [0, 0.05) is 25.8 Å². The molecule has 0 fully saturated rings. The molecule has 0 aliphatic rings. The predicted molar refractivity (Wildman–Crippen MR) is 89.8 cm³/mol. The molecule has 1 heterocycles. The van der Waals surface area contributed by atoms with Crippen LogP contribution >= 0.6 is 11.3 Å². The first-order valence-electron chi connectivity index (χ1n) is 7.22. The second-order valence-corrected chi connectivity index (χ2v) is 6.11. The Kier molecular flexibility index (Phi) is 5.62. The van der Waals surface area contributed by atoms with Crippen LogP contribution in [-0.2, 0) is 6.42 Å². The van der Waals surface area contributed by atoms with Crippen LogP contribution in [0.5, 0.6) is 0 Å². The number of hydrogen-bond donors (Lipinski definition) is 1. The fourth-order valence-corrected chi connectivity index (χ4v) is 2.96. The van der Waals surface area contributed by atoms with E-state index >= 15 is 0 Å². The van der Waals surface area contributed by atoms with Gasteiger partial charge in [-0.05, 0) is 59.5 Å². The number of thiophene rings is 1. The van der Waals surface area contributed by atoms with Crippen LogP contribution in [0.15, 0.2) is 41.1 Å². The van der Waals surface area contributed by atoms with Gasteiger partial charge in [0.05, 0.1) is 0 Å². The number of rotatable bonds is 7. The molecule has 1 aromatic heterocycles. The van der Waals surface area contributed by atoms with E-state index in [-0.39, 0.29) is 0 Å². The summed E-state index contributed by atoms with van der Waals surface area (Å²) in [7, 11) is 4.15. The van der Waals surface area contributed by atoms with Crippen molar-refractivity contribution in [1.82, 2.24) is 5.32 Å². The number of nitrogens with one attached hydrogen (secondary N) is 1. The highest BCUT2D eigenvalue weighted by atomic mass is 32.1. The summed E-state index contributed by atoms with van der Waals surface area (Å²) in [5.41, 5.74) is 4.04. The van der Waals surface area contributed by atoms with Gasteiger partial charge < -0.3 is 10.2 Å². The van der Waals surface area contributed by atoms with Gasteiger partial charge in [0.2, 0.25) is 0 Å². The summed E-state index contributed by atoms with van der Waals surface area (Å²) in [6, 6.07) is 11.5. The van der Waals surface area contributed by atoms with Crippen molar-refractivity contribution >= 4 is 17.0 Å². The van der Waals surface area contributed by atoms with Gasteiger partial charge in [-0.2, -0.15) is 11.3 Å². The molecule has 1 aromatic carbocycles. The van der Waals surface area contributed by atoms with E-state index in [0.29, 0.717) is 6.04 Å². The molecular weight excluding hydrogens is 264 g/mol. The van der Waals surface area contributed by atoms with Gasteiger partial charge >= 0.3 is 0 Å². The van der Waals surface area contributed by atoms with Crippen LogP contribution in [0.25, 0.3) is 0 Å². The highest BCUT2D eigenvalue weighted by Crippen LogP contribution is 2.22. The van der Waals surface area contributed by atoms with Crippen molar-refractivity contribution in [3.63, 3.8) is 0 Å². The third-order valence-electron chi connectivity index (χ3n) is 3.47. The number of benzene rings is 1. The normalized spacial score (nSPS) is 12.3. The summed E-state index contributed by atoms with van der Waals surface area (Å²) in [6.07, 6.45) is 2.22. The molecule has 0 bridgehead atoms. The van der Waals surface area contributed by atoms with Crippen LogP contribution in [0.2, 0.25) is 0 Å². The molecule has 0 saturated carbocycles. The molecule has 1 unspecified atom stereocenters. The van der Waals surface area contributed by atoms with E-state index in [4.69, 9.17) is 0 Å². The lowest BCUT2D eigenvalue weighted by atomic mass is 10.00. The largest absolute Gasteiger partial charge is 0.378 e. The van der Waals surface area contributed by atoms with E-state index in [2.05, 4.69) is 72.3 Å². The van der Waals surface area contributed by atoms with Crippen LogP contribution in [0.1, 0.15) is 30.5 Å². The first kappa shape index (κ1) is 15.1. The van der Waals surface area contributed by atoms with E-state index in [9.17, 15) is 0 Å². The van der Waals surface area contributed by atoms with Crippen LogP contribution in [0.4, 0.5) is 5.69 Å². The van der Waals surface area contributed by atoms with Crippen molar-refractivity contribution < 1.29 is 0 Å². The molecule has 0 amide bonds. The zero-order valence-corrected chi connectivity index (χ0v) is 13.4. The molecule has 0 saturated heterocycles. The lowest BCUT2D eigenvalue weighted by molar-refractivity contribution is 0.530. The average Bonchev–Trinajstić information content (AvgIpc) is 2.96. The second-order valence-electron chi connectivity index (χ2n) is 5.33. The Balaban J connectivity index is 2.12. The SMILES string of the molecule is CCCNC(Cc1ccsc1)c1ccc(N(C)C)cc1. The quantitative estimate of drug-likeness (QED) is 0.825. The monoisotopic (exact) mass is 288 g/mol. The molecule has 2 nitrogen and oxygen atoms in total. The Morgan fingerprint density at radius 2 is 1.90 bits per heavy atom. The molecule has 2 rings (SSSR count). The van der Waals surface area contributed by atoms with E-state index in [1.165, 1.54) is 16.8 Å². The summed E-state index contributed by atoms with van der Waals surface area (Å²) in [5, 5.41) is 8.06. The van der Waals surface area contributed by atoms with Crippen molar-refractivity contribution in [2.45, 2.75) is 25.8 Å². The van der Waals surface area contributed by atoms with Crippen molar-refractivity contribution in [3.05, 3.63) is 52.2 Å². The average molecular weight is 288 g/mol. The summed E-state index contributed by atoms with van der Waals surface area (Å²) < 4.78 is 0. The minimum atomic E-state index is 0.403. The van der Waals surface area contributed by atoms with Crippen LogP contribution in [0, 0.1) is 0 Å². The van der Waals surface area contributed by atoms with Crippen LogP contribution in [-0.4, -0.2) is 20.6 Å². The third kappa shape index (κ3) is 4.09. The van der Waals surface area contributed by atoms with Gasteiger partial charge in [0.1, 0.15) is 0 Å². The fourth-order valence-electron chi connectivity index (χ4n) is 2.28. The molecule has 0 spiro atoms. The van der Waals surface area contributed by atoms with Crippen molar-refractivity contribution in [3.8, 4) is 0 Å². The Labute approximate surface area is 126 Å². The zero-order chi connectivity index (χ0) is 14.4. The van der Waals surface area contributed by atoms with E-state index in [1.807, 2.05) is 0 Å². The Bertz CT molecular complexity index is 488. The zero-order valence-electron chi connectivity index (χ0n) is 12.6. The van der Waals surface area contributed by atoms with Crippen molar-refractivity contribution in [1.29, 1.82) is 0 Å². The van der Waals surface area contributed by atoms with Crippen LogP contribution in [0.3, 0.4) is 0 Å². The summed E-state index contributed by atoms with van der Waals surface area (Å²) >= 11 is 1.77. The minimum Gasteiger partial charge on any atom is -0.378 e. The van der Waals surface area contributed by atoms with E-state index < -0.39 is 0 Å². The van der Waals surface area contributed by atoms with Gasteiger partial charge in [-0.15, -0.1) is 0 Å². The van der Waals surface area contributed by atoms with E-state index in [1.54, 1.807) is 11.3 Å². The minimum absolute atomic E-state index is 0.403. The molecule has 0 aliphatic heterocycles. The lowest BCUT2D eigenvalue weighted by Crippen LogP contribution is -2.24. The van der Waals surface area contributed by atoms with Gasteiger partial charge in [0.25, 0.3) is 0 Å². The topological polar surface area (TPSA) is 15.3 Å². The highest BCUT2D eigenvalue weighted by molar-refractivity contribution is 7.07. The van der Waals surface area contributed by atoms with Gasteiger partial charge in [-0.25, -0.2) is 0 Å². The molecule has 1 N–H and O–H groups in total. The van der Waals surface area contributed by atoms with Crippen LogP contribution < -0.4 is 10.2 Å². The Morgan fingerprint density at radius 3 is 2.45 bits per heavy atom. The van der Waals surface area contributed by atoms with Gasteiger partial charge in [0.15, 0.2) is 0 Å². The molecule has 3 heteroatoms. The first-order valence-corrected chi connectivity index (χ1v) is 8.16. The van der Waals surface area contributed by atoms with E-state index in [0.717, 1.165) is 19.4 Å². The van der Waals surface area contributed by atoms with Gasteiger partial charge in [-0.1, -0.05) is 19.1 Å². The molecule has 20 heavy (non-hydrogen) atoms. The Morgan fingerprint density at radius 1 is 1.15 bits per heavy atom. The number of hydrogen-bond acceptors (Lipinski definition) is 3. The molecule has 2 aromatic rings. The standard InChI is InChI=1S/C17H24N2S/c1-4-10-18-17(12-14-9-11-20-13-14)15-5-7-16(8-6-15)19(2)3/h5-9,11,13,17-18H,4,10,12H2,1-3H3. The molecule has 0 aliphatic carbocycles. The molecule has 108 valence electrons. The second kappa shape index (κ2) is 7.46. The van der Waals surface area contributed by atoms with Crippen molar-refractivity contribution in [2.75, 3.05) is 25.5 Å². The summed E-state index contributed by atoms with van der Waals surface area (Å²) in [6.45, 7) is 3.27. The van der Waals surface area contributed by atoms with Gasteiger partial charge in [-0.3, -0.25) is 0 Å². The van der Waals surface area contributed by atoms with Crippen molar-refractivity contribution in [2.24, 2.45) is 0 Å². The maximum Gasteiger partial charge on any atom is 0.0361 e. The number of anilines is 1. The fraction of sp³-hybridized carbons (Fsp3) is 0.412. The third-order valence-corrected chi connectivity index (χ3v) is 4.20. The Hall–Kier alpha value is -1.32. The summed E-state index contributed by atoms with van der Waals surface area (Å²) in [5.74, 6) is 0. The predicted octanol–water partition coefficient (Wildman–Crippen LogP) is 4.10. The molecule has 1 atom stereocenters.